The fourth-order valence-electron chi connectivity index (χ4n) is 2.69. The van der Waals surface area contributed by atoms with E-state index in [0.29, 0.717) is 12.2 Å². The van der Waals surface area contributed by atoms with Crippen LogP contribution in [0.1, 0.15) is 30.3 Å². The Balaban J connectivity index is 0.00000156. The van der Waals surface area contributed by atoms with Gasteiger partial charge in [0.2, 0.25) is 0 Å². The van der Waals surface area contributed by atoms with E-state index < -0.39 is 0 Å². The highest BCUT2D eigenvalue weighted by atomic mass is 35.5. The molecular formula is C17H22Cl2FN3OS. The van der Waals surface area contributed by atoms with E-state index in [4.69, 9.17) is 0 Å². The van der Waals surface area contributed by atoms with Crippen LogP contribution < -0.4 is 10.6 Å². The van der Waals surface area contributed by atoms with Crippen LogP contribution in [-0.4, -0.2) is 30.5 Å². The first kappa shape index (κ1) is 21.8. The number of aromatic nitrogens is 1. The van der Waals surface area contributed by atoms with E-state index in [9.17, 15) is 9.18 Å². The van der Waals surface area contributed by atoms with Crippen molar-refractivity contribution in [3.63, 3.8) is 0 Å². The van der Waals surface area contributed by atoms with E-state index in [0.717, 1.165) is 36.5 Å². The second-order valence-electron chi connectivity index (χ2n) is 6.29. The maximum Gasteiger partial charge on any atom is 0.270 e. The van der Waals surface area contributed by atoms with Crippen molar-refractivity contribution in [1.29, 1.82) is 0 Å². The van der Waals surface area contributed by atoms with E-state index >= 15 is 0 Å². The molecular weight excluding hydrogens is 384 g/mol. The molecule has 0 unspecified atom stereocenters. The van der Waals surface area contributed by atoms with Crippen LogP contribution in [0.25, 0.3) is 10.6 Å². The normalized spacial score (nSPS) is 15.6. The SMILES string of the molecule is CC1(CNC(=O)c2csc(-c3ccc(F)cc3)n2)CCNCC1.Cl.Cl. The Labute approximate surface area is 163 Å². The minimum atomic E-state index is -0.279. The van der Waals surface area contributed by atoms with Crippen LogP contribution >= 0.6 is 36.2 Å². The lowest BCUT2D eigenvalue weighted by Gasteiger charge is -2.34. The number of nitrogens with one attached hydrogen (secondary N) is 2. The molecule has 1 fully saturated rings. The Morgan fingerprint density at radius 1 is 1.28 bits per heavy atom. The summed E-state index contributed by atoms with van der Waals surface area (Å²) in [6.45, 7) is 4.87. The molecule has 2 heterocycles. The highest BCUT2D eigenvalue weighted by molar-refractivity contribution is 7.13. The van der Waals surface area contributed by atoms with E-state index in [2.05, 4.69) is 22.5 Å². The molecule has 1 aromatic heterocycles. The molecule has 2 N–H and O–H groups in total. The first-order valence-corrected chi connectivity index (χ1v) is 8.64. The lowest BCUT2D eigenvalue weighted by atomic mass is 9.81. The summed E-state index contributed by atoms with van der Waals surface area (Å²) in [6, 6.07) is 6.14. The van der Waals surface area contributed by atoms with Gasteiger partial charge in [0.25, 0.3) is 5.91 Å². The molecule has 1 aliphatic rings. The van der Waals surface area contributed by atoms with Gasteiger partial charge < -0.3 is 10.6 Å². The van der Waals surface area contributed by atoms with Crippen LogP contribution in [0.3, 0.4) is 0 Å². The Hall–Kier alpha value is -1.21. The van der Waals surface area contributed by atoms with Crippen LogP contribution in [0.5, 0.6) is 0 Å². The van der Waals surface area contributed by atoms with Crippen molar-refractivity contribution < 1.29 is 9.18 Å². The third-order valence-corrected chi connectivity index (χ3v) is 5.21. The standard InChI is InChI=1S/C17H20FN3OS.2ClH/c1-17(6-8-19-9-7-17)11-20-15(22)14-10-23-16(21-14)12-2-4-13(18)5-3-12;;/h2-5,10,19H,6-9,11H2,1H3,(H,20,22);2*1H. The third kappa shape index (κ3) is 5.64. The van der Waals surface area contributed by atoms with Gasteiger partial charge in [0.15, 0.2) is 0 Å². The molecule has 25 heavy (non-hydrogen) atoms. The minimum Gasteiger partial charge on any atom is -0.350 e. The van der Waals surface area contributed by atoms with Gasteiger partial charge in [-0.3, -0.25) is 4.79 Å². The van der Waals surface area contributed by atoms with Gasteiger partial charge in [-0.15, -0.1) is 36.2 Å². The van der Waals surface area contributed by atoms with Crippen molar-refractivity contribution in [3.8, 4) is 10.6 Å². The largest absolute Gasteiger partial charge is 0.350 e. The van der Waals surface area contributed by atoms with Crippen molar-refractivity contribution in [1.82, 2.24) is 15.6 Å². The van der Waals surface area contributed by atoms with Gasteiger partial charge in [-0.1, -0.05) is 6.92 Å². The average Bonchev–Trinajstić information content (AvgIpc) is 3.04. The topological polar surface area (TPSA) is 54.0 Å². The number of rotatable bonds is 4. The predicted molar refractivity (Wildman–Crippen MR) is 105 cm³/mol. The third-order valence-electron chi connectivity index (χ3n) is 4.31. The Morgan fingerprint density at radius 2 is 1.92 bits per heavy atom. The number of halogens is 3. The summed E-state index contributed by atoms with van der Waals surface area (Å²) in [7, 11) is 0. The molecule has 138 valence electrons. The molecule has 0 aliphatic carbocycles. The molecule has 4 nitrogen and oxygen atoms in total. The van der Waals surface area contributed by atoms with Crippen molar-refractivity contribution in [2.75, 3.05) is 19.6 Å². The monoisotopic (exact) mass is 405 g/mol. The summed E-state index contributed by atoms with van der Waals surface area (Å²) in [4.78, 5) is 16.7. The summed E-state index contributed by atoms with van der Waals surface area (Å²) in [5, 5.41) is 8.81. The maximum atomic E-state index is 13.0. The number of hydrogen-bond donors (Lipinski definition) is 2. The van der Waals surface area contributed by atoms with Crippen LogP contribution in [0.2, 0.25) is 0 Å². The summed E-state index contributed by atoms with van der Waals surface area (Å²) in [5.74, 6) is -0.423. The molecule has 2 aromatic rings. The minimum absolute atomic E-state index is 0. The van der Waals surface area contributed by atoms with Crippen LogP contribution in [0.4, 0.5) is 4.39 Å². The van der Waals surface area contributed by atoms with Gasteiger partial charge in [0.05, 0.1) is 0 Å². The summed E-state index contributed by atoms with van der Waals surface area (Å²) >= 11 is 1.39. The lowest BCUT2D eigenvalue weighted by molar-refractivity contribution is 0.0918. The molecule has 1 aromatic carbocycles. The van der Waals surface area contributed by atoms with Crippen molar-refractivity contribution >= 4 is 42.1 Å². The van der Waals surface area contributed by atoms with Gasteiger partial charge >= 0.3 is 0 Å². The Kier molecular flexibility index (Phi) is 8.28. The fraction of sp³-hybridized carbons (Fsp3) is 0.412. The van der Waals surface area contributed by atoms with Crippen molar-refractivity contribution in [2.24, 2.45) is 5.41 Å². The molecule has 8 heteroatoms. The second-order valence-corrected chi connectivity index (χ2v) is 7.15. The number of thiazole rings is 1. The first-order chi connectivity index (χ1) is 11.1. The van der Waals surface area contributed by atoms with E-state index in [-0.39, 0.29) is 42.0 Å². The van der Waals surface area contributed by atoms with Gasteiger partial charge in [0, 0.05) is 17.5 Å². The molecule has 0 bridgehead atoms. The average molecular weight is 406 g/mol. The first-order valence-electron chi connectivity index (χ1n) is 7.76. The molecule has 1 aliphatic heterocycles. The van der Waals surface area contributed by atoms with Gasteiger partial charge in [-0.2, -0.15) is 0 Å². The molecule has 1 amide bonds. The Bertz CT molecular complexity index is 687. The zero-order valence-corrected chi connectivity index (χ0v) is 16.3. The number of carbonyl (C=O) groups is 1. The van der Waals surface area contributed by atoms with Crippen LogP contribution in [-0.2, 0) is 0 Å². The Morgan fingerprint density at radius 3 is 2.56 bits per heavy atom. The molecule has 0 atom stereocenters. The van der Waals surface area contributed by atoms with Crippen LogP contribution in [0.15, 0.2) is 29.6 Å². The number of piperidine rings is 1. The molecule has 1 saturated heterocycles. The quantitative estimate of drug-likeness (QED) is 0.810. The molecule has 0 radical (unpaired) electrons. The lowest BCUT2D eigenvalue weighted by Crippen LogP contribution is -2.42. The van der Waals surface area contributed by atoms with Crippen molar-refractivity contribution in [2.45, 2.75) is 19.8 Å². The molecule has 0 spiro atoms. The highest BCUT2D eigenvalue weighted by Gasteiger charge is 2.27. The maximum absolute atomic E-state index is 13.0. The summed E-state index contributed by atoms with van der Waals surface area (Å²) in [6.07, 6.45) is 2.12. The van der Waals surface area contributed by atoms with Gasteiger partial charge in [0.1, 0.15) is 16.5 Å². The second kappa shape index (κ2) is 9.48. The smallest absolute Gasteiger partial charge is 0.270 e. The number of carbonyl (C=O) groups excluding carboxylic acids is 1. The summed E-state index contributed by atoms with van der Waals surface area (Å²) < 4.78 is 13.0. The molecule has 3 rings (SSSR count). The number of nitrogens with zero attached hydrogens (tertiary/aromatic N) is 1. The fourth-order valence-corrected chi connectivity index (χ4v) is 3.50. The van der Waals surface area contributed by atoms with Crippen molar-refractivity contribution in [3.05, 3.63) is 41.2 Å². The van der Waals surface area contributed by atoms with Crippen LogP contribution in [0, 0.1) is 11.2 Å². The number of amides is 1. The molecule has 0 saturated carbocycles. The number of hydrogen-bond acceptors (Lipinski definition) is 4. The summed E-state index contributed by atoms with van der Waals surface area (Å²) in [5.41, 5.74) is 1.39. The highest BCUT2D eigenvalue weighted by Crippen LogP contribution is 2.27. The zero-order valence-electron chi connectivity index (χ0n) is 13.9. The predicted octanol–water partition coefficient (Wildman–Crippen LogP) is 3.91. The van der Waals surface area contributed by atoms with E-state index in [1.807, 2.05) is 0 Å². The van der Waals surface area contributed by atoms with E-state index in [1.54, 1.807) is 17.5 Å². The van der Waals surface area contributed by atoms with Gasteiger partial charge in [-0.25, -0.2) is 9.37 Å². The van der Waals surface area contributed by atoms with E-state index in [1.165, 1.54) is 23.5 Å². The van der Waals surface area contributed by atoms with Gasteiger partial charge in [-0.05, 0) is 55.6 Å². The number of benzene rings is 1. The zero-order chi connectivity index (χ0) is 16.3.